The molecule has 2 aromatic carbocycles. The lowest BCUT2D eigenvalue weighted by Crippen LogP contribution is -2.46. The van der Waals surface area contributed by atoms with Gasteiger partial charge in [0.15, 0.2) is 0 Å². The zero-order valence-corrected chi connectivity index (χ0v) is 16.1. The highest BCUT2D eigenvalue weighted by atomic mass is 19.1. The third-order valence-electron chi connectivity index (χ3n) is 5.21. The van der Waals surface area contributed by atoms with Crippen molar-refractivity contribution in [1.29, 1.82) is 0 Å². The molecule has 1 fully saturated rings. The summed E-state index contributed by atoms with van der Waals surface area (Å²) in [6.45, 7) is 0.545. The number of amides is 1. The van der Waals surface area contributed by atoms with Crippen molar-refractivity contribution in [2.24, 2.45) is 0 Å². The molecular formula is C22H21FN4O3. The molecule has 30 heavy (non-hydrogen) atoms. The van der Waals surface area contributed by atoms with Gasteiger partial charge < -0.3 is 20.5 Å². The Kier molecular flexibility index (Phi) is 5.69. The van der Waals surface area contributed by atoms with Crippen LogP contribution in [0.2, 0.25) is 0 Å². The molecule has 8 heteroatoms. The standard InChI is InChI=1S/C22H21FN4O3/c23-18-9-14(5-6-17(18)19-10-26-21(24)11-25-19)15-3-1-2-4-16(15)22-20(12-28)30-8-7-27(22)13-29/h1-6,9-11,13,20,22,28H,7-8,12H2,(H2,24,26). The van der Waals surface area contributed by atoms with Crippen LogP contribution in [0.5, 0.6) is 0 Å². The maximum Gasteiger partial charge on any atom is 0.210 e. The number of morpholine rings is 1. The van der Waals surface area contributed by atoms with E-state index in [4.69, 9.17) is 10.5 Å². The molecule has 154 valence electrons. The molecule has 0 aliphatic carbocycles. The first-order chi connectivity index (χ1) is 14.6. The predicted octanol–water partition coefficient (Wildman–Crippen LogP) is 2.42. The fraction of sp³-hybridized carbons (Fsp3) is 0.227. The van der Waals surface area contributed by atoms with E-state index in [0.29, 0.717) is 30.0 Å². The third kappa shape index (κ3) is 3.74. The smallest absolute Gasteiger partial charge is 0.210 e. The Labute approximate surface area is 173 Å². The van der Waals surface area contributed by atoms with Gasteiger partial charge >= 0.3 is 0 Å². The van der Waals surface area contributed by atoms with Gasteiger partial charge in [-0.05, 0) is 28.8 Å². The minimum atomic E-state index is -0.556. The summed E-state index contributed by atoms with van der Waals surface area (Å²) in [6.07, 6.45) is 3.01. The fourth-order valence-electron chi connectivity index (χ4n) is 3.79. The van der Waals surface area contributed by atoms with E-state index in [9.17, 15) is 14.3 Å². The molecule has 2 unspecified atom stereocenters. The summed E-state index contributed by atoms with van der Waals surface area (Å²) >= 11 is 0. The Bertz CT molecular complexity index is 1040. The van der Waals surface area contributed by atoms with Crippen LogP contribution in [0.1, 0.15) is 11.6 Å². The van der Waals surface area contributed by atoms with Crippen LogP contribution in [0, 0.1) is 5.82 Å². The van der Waals surface area contributed by atoms with Crippen molar-refractivity contribution in [1.82, 2.24) is 14.9 Å². The Morgan fingerprint density at radius 2 is 2.03 bits per heavy atom. The Balaban J connectivity index is 1.76. The molecule has 1 saturated heterocycles. The van der Waals surface area contributed by atoms with E-state index in [1.807, 2.05) is 24.3 Å². The van der Waals surface area contributed by atoms with Gasteiger partial charge in [0, 0.05) is 12.1 Å². The van der Waals surface area contributed by atoms with Crippen LogP contribution in [-0.2, 0) is 9.53 Å². The van der Waals surface area contributed by atoms with E-state index in [2.05, 4.69) is 9.97 Å². The number of carbonyl (C=O) groups is 1. The monoisotopic (exact) mass is 408 g/mol. The summed E-state index contributed by atoms with van der Waals surface area (Å²) in [6, 6.07) is 11.8. The topological polar surface area (TPSA) is 102 Å². The number of aliphatic hydroxyl groups is 1. The van der Waals surface area contributed by atoms with Crippen LogP contribution in [-0.4, -0.2) is 52.2 Å². The number of carbonyl (C=O) groups excluding carboxylic acids is 1. The van der Waals surface area contributed by atoms with Gasteiger partial charge in [-0.3, -0.25) is 9.78 Å². The zero-order valence-electron chi connectivity index (χ0n) is 16.1. The minimum Gasteiger partial charge on any atom is -0.394 e. The second kappa shape index (κ2) is 8.56. The average Bonchev–Trinajstić information content (AvgIpc) is 2.79. The summed E-state index contributed by atoms with van der Waals surface area (Å²) in [5.41, 5.74) is 8.43. The fourth-order valence-corrected chi connectivity index (χ4v) is 3.79. The van der Waals surface area contributed by atoms with Crippen LogP contribution in [0.15, 0.2) is 54.9 Å². The molecule has 2 atom stereocenters. The van der Waals surface area contributed by atoms with E-state index < -0.39 is 18.0 Å². The Morgan fingerprint density at radius 3 is 2.73 bits per heavy atom. The molecule has 3 aromatic rings. The first kappa shape index (κ1) is 19.9. The Morgan fingerprint density at radius 1 is 1.20 bits per heavy atom. The number of hydrogen-bond donors (Lipinski definition) is 2. The van der Waals surface area contributed by atoms with E-state index >= 15 is 0 Å². The summed E-state index contributed by atoms with van der Waals surface area (Å²) in [5.74, 6) is -0.190. The summed E-state index contributed by atoms with van der Waals surface area (Å²) in [4.78, 5) is 21.3. The zero-order chi connectivity index (χ0) is 21.1. The van der Waals surface area contributed by atoms with Gasteiger partial charge in [0.1, 0.15) is 17.7 Å². The molecule has 1 amide bonds. The quantitative estimate of drug-likeness (QED) is 0.629. The molecule has 0 saturated carbocycles. The maximum absolute atomic E-state index is 15.0. The van der Waals surface area contributed by atoms with Crippen molar-refractivity contribution in [2.45, 2.75) is 12.1 Å². The molecule has 2 heterocycles. The van der Waals surface area contributed by atoms with Gasteiger partial charge in [-0.15, -0.1) is 0 Å². The van der Waals surface area contributed by atoms with Gasteiger partial charge in [-0.2, -0.15) is 0 Å². The van der Waals surface area contributed by atoms with Crippen molar-refractivity contribution in [3.8, 4) is 22.4 Å². The lowest BCUT2D eigenvalue weighted by molar-refractivity contribution is -0.136. The lowest BCUT2D eigenvalue weighted by Gasteiger charge is -2.39. The predicted molar refractivity (Wildman–Crippen MR) is 110 cm³/mol. The molecule has 7 nitrogen and oxygen atoms in total. The van der Waals surface area contributed by atoms with Crippen molar-refractivity contribution in [3.05, 3.63) is 66.2 Å². The van der Waals surface area contributed by atoms with Crippen LogP contribution in [0.4, 0.5) is 10.2 Å². The normalized spacial score (nSPS) is 18.9. The van der Waals surface area contributed by atoms with Crippen molar-refractivity contribution in [2.75, 3.05) is 25.5 Å². The molecule has 1 aliphatic heterocycles. The van der Waals surface area contributed by atoms with E-state index in [1.165, 1.54) is 18.5 Å². The average molecular weight is 408 g/mol. The number of halogens is 1. The first-order valence-electron chi connectivity index (χ1n) is 9.52. The molecule has 0 bridgehead atoms. The SMILES string of the molecule is Nc1cnc(-c2ccc(-c3ccccc3C3C(CO)OCCN3C=O)cc2F)cn1. The van der Waals surface area contributed by atoms with E-state index in [0.717, 1.165) is 17.5 Å². The van der Waals surface area contributed by atoms with Crippen LogP contribution < -0.4 is 5.73 Å². The van der Waals surface area contributed by atoms with Crippen molar-refractivity contribution < 1.29 is 19.0 Å². The number of ether oxygens (including phenoxy) is 1. The number of aromatic nitrogens is 2. The number of nitrogens with zero attached hydrogens (tertiary/aromatic N) is 3. The molecular weight excluding hydrogens is 387 g/mol. The van der Waals surface area contributed by atoms with Crippen LogP contribution in [0.3, 0.4) is 0 Å². The highest BCUT2D eigenvalue weighted by Crippen LogP contribution is 2.36. The molecule has 0 radical (unpaired) electrons. The van der Waals surface area contributed by atoms with Gasteiger partial charge in [0.2, 0.25) is 6.41 Å². The highest BCUT2D eigenvalue weighted by molar-refractivity contribution is 5.72. The lowest BCUT2D eigenvalue weighted by atomic mass is 9.90. The van der Waals surface area contributed by atoms with Gasteiger partial charge in [0.25, 0.3) is 0 Å². The highest BCUT2D eigenvalue weighted by Gasteiger charge is 2.34. The molecule has 0 spiro atoms. The second-order valence-corrected chi connectivity index (χ2v) is 6.99. The number of nitrogen functional groups attached to an aromatic ring is 1. The van der Waals surface area contributed by atoms with Crippen LogP contribution >= 0.6 is 0 Å². The third-order valence-corrected chi connectivity index (χ3v) is 5.21. The van der Waals surface area contributed by atoms with Crippen molar-refractivity contribution in [3.63, 3.8) is 0 Å². The molecule has 4 rings (SSSR count). The van der Waals surface area contributed by atoms with Gasteiger partial charge in [-0.1, -0.05) is 30.3 Å². The van der Waals surface area contributed by atoms with E-state index in [-0.39, 0.29) is 12.4 Å². The summed E-state index contributed by atoms with van der Waals surface area (Å²) in [7, 11) is 0. The molecule has 1 aromatic heterocycles. The molecule has 1 aliphatic rings. The minimum absolute atomic E-state index is 0.230. The number of rotatable bonds is 5. The van der Waals surface area contributed by atoms with E-state index in [1.54, 1.807) is 17.0 Å². The number of nitrogens with two attached hydrogens (primary N) is 1. The Hall–Kier alpha value is -3.36. The summed E-state index contributed by atoms with van der Waals surface area (Å²) < 4.78 is 20.6. The summed E-state index contributed by atoms with van der Waals surface area (Å²) in [5, 5.41) is 9.77. The largest absolute Gasteiger partial charge is 0.394 e. The van der Waals surface area contributed by atoms with Crippen LogP contribution in [0.25, 0.3) is 22.4 Å². The second-order valence-electron chi connectivity index (χ2n) is 6.99. The number of aliphatic hydroxyl groups excluding tert-OH is 1. The number of benzene rings is 2. The van der Waals surface area contributed by atoms with Crippen molar-refractivity contribution >= 4 is 12.2 Å². The number of hydrogen-bond acceptors (Lipinski definition) is 6. The maximum atomic E-state index is 15.0. The van der Waals surface area contributed by atoms with Gasteiger partial charge in [-0.25, -0.2) is 9.37 Å². The molecule has 3 N–H and O–H groups in total. The number of anilines is 1. The van der Waals surface area contributed by atoms with Gasteiger partial charge in [0.05, 0.1) is 37.3 Å². The first-order valence-corrected chi connectivity index (χ1v) is 9.52.